The van der Waals surface area contributed by atoms with Crippen molar-refractivity contribution in [3.05, 3.63) is 0 Å². The first-order valence-electron chi connectivity index (χ1n) is 5.35. The van der Waals surface area contributed by atoms with Crippen LogP contribution < -0.4 is 0 Å². The average molecular weight is 204 g/mol. The van der Waals surface area contributed by atoms with E-state index in [9.17, 15) is 0 Å². The van der Waals surface area contributed by atoms with Gasteiger partial charge < -0.3 is 9.16 Å². The average Bonchev–Trinajstić information content (AvgIpc) is 2.10. The van der Waals surface area contributed by atoms with Crippen LogP contribution in [0.2, 0.25) is 6.04 Å². The van der Waals surface area contributed by atoms with Crippen molar-refractivity contribution < 1.29 is 9.16 Å². The summed E-state index contributed by atoms with van der Waals surface area (Å²) in [6, 6.07) is 1.26. The second-order valence-corrected chi connectivity index (χ2v) is 5.18. The van der Waals surface area contributed by atoms with E-state index >= 15 is 0 Å². The van der Waals surface area contributed by atoms with Crippen LogP contribution in [-0.2, 0) is 9.16 Å². The Morgan fingerprint density at radius 1 is 1.31 bits per heavy atom. The van der Waals surface area contributed by atoms with Crippen LogP contribution >= 0.6 is 0 Å². The summed E-state index contributed by atoms with van der Waals surface area (Å²) in [5, 5.41) is 0. The molecule has 1 unspecified atom stereocenters. The minimum absolute atomic E-state index is 0.0744. The van der Waals surface area contributed by atoms with E-state index in [1.54, 1.807) is 7.11 Å². The maximum atomic E-state index is 5.72. The normalized spacial score (nSPS) is 14.5. The molecule has 0 aliphatic heterocycles. The molecule has 0 aliphatic rings. The van der Waals surface area contributed by atoms with Crippen molar-refractivity contribution in [3.8, 4) is 0 Å². The molecule has 3 heteroatoms. The Bertz CT molecular complexity index is 107. The van der Waals surface area contributed by atoms with Crippen LogP contribution in [0.4, 0.5) is 0 Å². The van der Waals surface area contributed by atoms with E-state index in [-0.39, 0.29) is 16.1 Å². The van der Waals surface area contributed by atoms with Crippen molar-refractivity contribution in [2.75, 3.05) is 7.11 Å². The lowest BCUT2D eigenvalue weighted by molar-refractivity contribution is -0.0586. The highest BCUT2D eigenvalue weighted by Crippen LogP contribution is 2.07. The maximum absolute atomic E-state index is 5.72. The van der Waals surface area contributed by atoms with E-state index in [1.165, 1.54) is 18.9 Å². The van der Waals surface area contributed by atoms with Gasteiger partial charge in [0.15, 0.2) is 9.76 Å². The predicted molar refractivity (Wildman–Crippen MR) is 59.6 cm³/mol. The molecule has 0 bridgehead atoms. The second kappa shape index (κ2) is 8.72. The van der Waals surface area contributed by atoms with Gasteiger partial charge in [0.25, 0.3) is 0 Å². The van der Waals surface area contributed by atoms with Crippen LogP contribution in [0.1, 0.15) is 40.0 Å². The molecule has 0 radical (unpaired) electrons. The summed E-state index contributed by atoms with van der Waals surface area (Å²) >= 11 is 0. The summed E-state index contributed by atoms with van der Waals surface area (Å²) in [7, 11) is 1.39. The Hall–Kier alpha value is 0.137. The highest BCUT2D eigenvalue weighted by Gasteiger charge is 2.06. The molecule has 0 aromatic carbocycles. The van der Waals surface area contributed by atoms with Gasteiger partial charge in [-0.1, -0.05) is 27.2 Å². The molecule has 0 aliphatic carbocycles. The molecular formula is C10H24O2Si. The quantitative estimate of drug-likeness (QED) is 0.446. The molecule has 0 rings (SSSR count). The number of unbranched alkanes of at least 4 members (excludes halogenated alkanes) is 1. The fraction of sp³-hybridized carbons (Fsp3) is 1.00. The van der Waals surface area contributed by atoms with Gasteiger partial charge in [-0.05, 0) is 24.8 Å². The van der Waals surface area contributed by atoms with Crippen LogP contribution in [0.15, 0.2) is 0 Å². The molecule has 13 heavy (non-hydrogen) atoms. The molecule has 0 fully saturated rings. The van der Waals surface area contributed by atoms with Crippen molar-refractivity contribution in [2.45, 2.75) is 52.4 Å². The zero-order valence-corrected chi connectivity index (χ0v) is 10.9. The summed E-state index contributed by atoms with van der Waals surface area (Å²) < 4.78 is 11.0. The lowest BCUT2D eigenvalue weighted by atomic mass is 10.2. The fourth-order valence-electron chi connectivity index (χ4n) is 1.08. The first-order valence-corrected chi connectivity index (χ1v) is 6.92. The smallest absolute Gasteiger partial charge is 0.165 e. The Labute approximate surface area is 84.9 Å². The van der Waals surface area contributed by atoms with Gasteiger partial charge in [-0.15, -0.1) is 0 Å². The molecule has 0 amide bonds. The van der Waals surface area contributed by atoms with Gasteiger partial charge in [-0.2, -0.15) is 0 Å². The summed E-state index contributed by atoms with van der Waals surface area (Å²) in [6.45, 7) is 6.67. The summed E-state index contributed by atoms with van der Waals surface area (Å²) in [5.41, 5.74) is 0. The zero-order valence-electron chi connectivity index (χ0n) is 9.51. The lowest BCUT2D eigenvalue weighted by Gasteiger charge is -2.16. The van der Waals surface area contributed by atoms with Crippen molar-refractivity contribution in [1.29, 1.82) is 0 Å². The Morgan fingerprint density at radius 3 is 2.46 bits per heavy atom. The summed E-state index contributed by atoms with van der Waals surface area (Å²) in [5.74, 6) is 0.773. The third-order valence-electron chi connectivity index (χ3n) is 2.06. The minimum Gasteiger partial charge on any atom is -0.400 e. The van der Waals surface area contributed by atoms with Gasteiger partial charge in [0.1, 0.15) is 6.29 Å². The van der Waals surface area contributed by atoms with E-state index in [0.717, 1.165) is 12.3 Å². The molecule has 0 spiro atoms. The maximum Gasteiger partial charge on any atom is 0.165 e. The van der Waals surface area contributed by atoms with Crippen molar-refractivity contribution >= 4 is 9.76 Å². The molecule has 1 atom stereocenters. The van der Waals surface area contributed by atoms with Crippen LogP contribution in [0, 0.1) is 5.92 Å². The first kappa shape index (κ1) is 13.1. The molecule has 80 valence electrons. The van der Waals surface area contributed by atoms with E-state index < -0.39 is 0 Å². The Morgan fingerprint density at radius 2 is 2.00 bits per heavy atom. The van der Waals surface area contributed by atoms with Gasteiger partial charge in [-0.25, -0.2) is 0 Å². The van der Waals surface area contributed by atoms with Gasteiger partial charge >= 0.3 is 0 Å². The monoisotopic (exact) mass is 204 g/mol. The predicted octanol–water partition coefficient (Wildman–Crippen LogP) is 2.32. The first-order chi connectivity index (χ1) is 6.20. The van der Waals surface area contributed by atoms with Crippen molar-refractivity contribution in [2.24, 2.45) is 5.92 Å². The Kier molecular flexibility index (Phi) is 8.81. The number of rotatable bonds is 8. The largest absolute Gasteiger partial charge is 0.400 e. The Balaban J connectivity index is 3.36. The minimum atomic E-state index is -0.348. The fourth-order valence-corrected chi connectivity index (χ4v) is 2.25. The van der Waals surface area contributed by atoms with Gasteiger partial charge in [-0.3, -0.25) is 0 Å². The highest BCUT2D eigenvalue weighted by molar-refractivity contribution is 6.27. The SMILES string of the molecule is CCCCC(OC)O[SiH2]CC(C)C. The van der Waals surface area contributed by atoms with E-state index in [0.29, 0.717) is 0 Å². The molecule has 0 aromatic rings. The van der Waals surface area contributed by atoms with Crippen molar-refractivity contribution in [1.82, 2.24) is 0 Å². The van der Waals surface area contributed by atoms with E-state index in [4.69, 9.17) is 9.16 Å². The van der Waals surface area contributed by atoms with E-state index in [2.05, 4.69) is 20.8 Å². The topological polar surface area (TPSA) is 18.5 Å². The number of hydrogen-bond donors (Lipinski definition) is 0. The lowest BCUT2D eigenvalue weighted by Crippen LogP contribution is -2.18. The zero-order chi connectivity index (χ0) is 10.1. The van der Waals surface area contributed by atoms with Crippen LogP contribution in [-0.4, -0.2) is 23.2 Å². The summed E-state index contributed by atoms with van der Waals surface area (Å²) in [4.78, 5) is 0. The standard InChI is InChI=1S/C10H24O2Si/c1-5-6-7-10(11-4)12-13-8-9(2)3/h9-10H,5-8,13H2,1-4H3. The van der Waals surface area contributed by atoms with Crippen LogP contribution in [0.5, 0.6) is 0 Å². The molecule has 0 N–H and O–H groups in total. The second-order valence-electron chi connectivity index (χ2n) is 3.86. The van der Waals surface area contributed by atoms with Gasteiger partial charge in [0.2, 0.25) is 0 Å². The summed E-state index contributed by atoms with van der Waals surface area (Å²) in [6.07, 6.45) is 3.55. The molecule has 2 nitrogen and oxygen atoms in total. The third-order valence-corrected chi connectivity index (χ3v) is 4.05. The third kappa shape index (κ3) is 8.47. The molecule has 0 heterocycles. The molecule has 0 saturated heterocycles. The van der Waals surface area contributed by atoms with Gasteiger partial charge in [0.05, 0.1) is 0 Å². The van der Waals surface area contributed by atoms with Crippen LogP contribution in [0.25, 0.3) is 0 Å². The molecule has 0 saturated carbocycles. The van der Waals surface area contributed by atoms with Crippen LogP contribution in [0.3, 0.4) is 0 Å². The number of hydrogen-bond acceptors (Lipinski definition) is 2. The van der Waals surface area contributed by atoms with E-state index in [1.807, 2.05) is 0 Å². The number of methoxy groups -OCH3 is 1. The molecule has 0 aromatic heterocycles. The molecular weight excluding hydrogens is 180 g/mol. The highest BCUT2D eigenvalue weighted by atomic mass is 28.2. The van der Waals surface area contributed by atoms with Crippen molar-refractivity contribution in [3.63, 3.8) is 0 Å². The number of ether oxygens (including phenoxy) is 1. The van der Waals surface area contributed by atoms with Gasteiger partial charge in [0, 0.05) is 7.11 Å².